The summed E-state index contributed by atoms with van der Waals surface area (Å²) in [6.07, 6.45) is 2.21. The highest BCUT2D eigenvalue weighted by atomic mass is 19.1. The summed E-state index contributed by atoms with van der Waals surface area (Å²) in [5.41, 5.74) is 1.39. The van der Waals surface area contributed by atoms with Crippen LogP contribution >= 0.6 is 0 Å². The Bertz CT molecular complexity index is 454. The lowest BCUT2D eigenvalue weighted by molar-refractivity contribution is 0.101. The highest BCUT2D eigenvalue weighted by Crippen LogP contribution is 2.35. The Balaban J connectivity index is 2.48. The summed E-state index contributed by atoms with van der Waals surface area (Å²) in [6.45, 7) is 6.74. The Morgan fingerprint density at radius 3 is 2.65 bits per heavy atom. The van der Waals surface area contributed by atoms with Gasteiger partial charge in [-0.05, 0) is 51.8 Å². The lowest BCUT2D eigenvalue weighted by Crippen LogP contribution is -2.38. The first-order valence-corrected chi connectivity index (χ1v) is 6.00. The van der Waals surface area contributed by atoms with Crippen molar-refractivity contribution in [2.75, 3.05) is 11.4 Å². The van der Waals surface area contributed by atoms with Gasteiger partial charge in [0.1, 0.15) is 5.82 Å². The van der Waals surface area contributed by atoms with Gasteiger partial charge in [0, 0.05) is 23.3 Å². The van der Waals surface area contributed by atoms with Gasteiger partial charge in [-0.3, -0.25) is 4.79 Å². The van der Waals surface area contributed by atoms with Gasteiger partial charge in [-0.2, -0.15) is 0 Å². The van der Waals surface area contributed by atoms with Gasteiger partial charge in [-0.1, -0.05) is 0 Å². The summed E-state index contributed by atoms with van der Waals surface area (Å²) in [5.74, 6) is -0.432. The minimum Gasteiger partial charge on any atom is -0.366 e. The van der Waals surface area contributed by atoms with Crippen molar-refractivity contribution in [2.24, 2.45) is 0 Å². The number of hydrogen-bond donors (Lipinski definition) is 0. The van der Waals surface area contributed by atoms with Crippen molar-refractivity contribution < 1.29 is 9.18 Å². The van der Waals surface area contributed by atoms with Crippen LogP contribution in [0.4, 0.5) is 10.1 Å². The second-order valence-corrected chi connectivity index (χ2v) is 5.29. The second kappa shape index (κ2) is 4.13. The maximum Gasteiger partial charge on any atom is 0.161 e. The van der Waals surface area contributed by atoms with E-state index in [1.165, 1.54) is 19.1 Å². The van der Waals surface area contributed by atoms with E-state index in [0.717, 1.165) is 25.1 Å². The van der Waals surface area contributed by atoms with Gasteiger partial charge >= 0.3 is 0 Å². The summed E-state index contributed by atoms with van der Waals surface area (Å²) in [7, 11) is 0. The third kappa shape index (κ3) is 2.19. The molecule has 0 bridgehead atoms. The van der Waals surface area contributed by atoms with Crippen LogP contribution in [0, 0.1) is 5.82 Å². The van der Waals surface area contributed by atoms with E-state index in [9.17, 15) is 9.18 Å². The largest absolute Gasteiger partial charge is 0.366 e. The molecule has 17 heavy (non-hydrogen) atoms. The number of carbonyl (C=O) groups excluding carboxylic acids is 1. The second-order valence-electron chi connectivity index (χ2n) is 5.29. The van der Waals surface area contributed by atoms with Gasteiger partial charge < -0.3 is 4.90 Å². The number of halogens is 1. The van der Waals surface area contributed by atoms with Gasteiger partial charge in [0.25, 0.3) is 0 Å². The van der Waals surface area contributed by atoms with Crippen LogP contribution in [0.2, 0.25) is 0 Å². The Hall–Kier alpha value is -1.38. The van der Waals surface area contributed by atoms with Gasteiger partial charge in [0.05, 0.1) is 0 Å². The molecule has 1 aliphatic rings. The van der Waals surface area contributed by atoms with Gasteiger partial charge in [-0.15, -0.1) is 0 Å². The fourth-order valence-corrected chi connectivity index (χ4v) is 2.58. The molecular formula is C14H18FNO. The lowest BCUT2D eigenvalue weighted by atomic mass is 9.99. The van der Waals surface area contributed by atoms with Crippen LogP contribution in [0.3, 0.4) is 0 Å². The summed E-state index contributed by atoms with van der Waals surface area (Å²) in [5, 5.41) is 0. The molecule has 1 aromatic rings. The van der Waals surface area contributed by atoms with Crippen molar-refractivity contribution >= 4 is 11.5 Å². The molecule has 2 nitrogen and oxygen atoms in total. The number of benzene rings is 1. The van der Waals surface area contributed by atoms with Crippen LogP contribution in [0.5, 0.6) is 0 Å². The summed E-state index contributed by atoms with van der Waals surface area (Å²) in [4.78, 5) is 13.8. The number of ketones is 1. The molecule has 1 saturated heterocycles. The molecular weight excluding hydrogens is 217 g/mol. The Morgan fingerprint density at radius 2 is 2.12 bits per heavy atom. The maximum absolute atomic E-state index is 13.2. The highest BCUT2D eigenvalue weighted by Gasteiger charge is 2.33. The molecule has 0 aliphatic carbocycles. The van der Waals surface area contributed by atoms with Gasteiger partial charge in [0.15, 0.2) is 5.78 Å². The van der Waals surface area contributed by atoms with Crippen LogP contribution in [-0.4, -0.2) is 17.9 Å². The van der Waals surface area contributed by atoms with Crippen molar-refractivity contribution in [1.29, 1.82) is 0 Å². The lowest BCUT2D eigenvalue weighted by Gasteiger charge is -2.34. The third-order valence-corrected chi connectivity index (χ3v) is 3.53. The number of carbonyl (C=O) groups is 1. The molecule has 0 N–H and O–H groups in total. The quantitative estimate of drug-likeness (QED) is 0.732. The SMILES string of the molecule is CC(=O)c1cc(F)ccc1N1CCCC1(C)C. The van der Waals surface area contributed by atoms with Crippen molar-refractivity contribution in [3.8, 4) is 0 Å². The molecule has 1 fully saturated rings. The molecule has 1 aliphatic heterocycles. The molecule has 2 rings (SSSR count). The number of hydrogen-bond acceptors (Lipinski definition) is 2. The van der Waals surface area contributed by atoms with Crippen molar-refractivity contribution in [3.05, 3.63) is 29.6 Å². The van der Waals surface area contributed by atoms with E-state index in [-0.39, 0.29) is 17.1 Å². The molecule has 0 aromatic heterocycles. The summed E-state index contributed by atoms with van der Waals surface area (Å²) in [6, 6.07) is 4.49. The van der Waals surface area contributed by atoms with E-state index >= 15 is 0 Å². The molecule has 3 heteroatoms. The van der Waals surface area contributed by atoms with Crippen LogP contribution in [-0.2, 0) is 0 Å². The number of rotatable bonds is 2. The molecule has 1 heterocycles. The Labute approximate surface area is 101 Å². The van der Waals surface area contributed by atoms with Crippen LogP contribution in [0.25, 0.3) is 0 Å². The summed E-state index contributed by atoms with van der Waals surface area (Å²) >= 11 is 0. The number of anilines is 1. The van der Waals surface area contributed by atoms with Crippen LogP contribution in [0.15, 0.2) is 18.2 Å². The van der Waals surface area contributed by atoms with E-state index in [1.807, 2.05) is 0 Å². The zero-order chi connectivity index (χ0) is 12.6. The first-order valence-electron chi connectivity index (χ1n) is 6.00. The molecule has 92 valence electrons. The fourth-order valence-electron chi connectivity index (χ4n) is 2.58. The molecule has 0 radical (unpaired) electrons. The zero-order valence-corrected chi connectivity index (χ0v) is 10.6. The maximum atomic E-state index is 13.2. The molecule has 0 saturated carbocycles. The number of nitrogens with zero attached hydrogens (tertiary/aromatic N) is 1. The van der Waals surface area contributed by atoms with Crippen LogP contribution < -0.4 is 4.90 Å². The third-order valence-electron chi connectivity index (χ3n) is 3.53. The van der Waals surface area contributed by atoms with Crippen molar-refractivity contribution in [3.63, 3.8) is 0 Å². The average molecular weight is 235 g/mol. The van der Waals surface area contributed by atoms with Crippen LogP contribution in [0.1, 0.15) is 44.0 Å². The van der Waals surface area contributed by atoms with E-state index in [0.29, 0.717) is 5.56 Å². The smallest absolute Gasteiger partial charge is 0.161 e. The molecule has 0 amide bonds. The predicted octanol–water partition coefficient (Wildman–Crippen LogP) is 3.41. The zero-order valence-electron chi connectivity index (χ0n) is 10.6. The Kier molecular flexibility index (Phi) is 2.94. The fraction of sp³-hybridized carbons (Fsp3) is 0.500. The van der Waals surface area contributed by atoms with E-state index in [4.69, 9.17) is 0 Å². The average Bonchev–Trinajstić information content (AvgIpc) is 2.58. The van der Waals surface area contributed by atoms with E-state index < -0.39 is 0 Å². The predicted molar refractivity (Wildman–Crippen MR) is 67.1 cm³/mol. The number of Topliss-reactive ketones (excluding diaryl/α,β-unsaturated/α-hetero) is 1. The molecule has 0 atom stereocenters. The highest BCUT2D eigenvalue weighted by molar-refractivity contribution is 5.99. The summed E-state index contributed by atoms with van der Waals surface area (Å²) < 4.78 is 13.2. The molecule has 0 spiro atoms. The molecule has 1 aromatic carbocycles. The van der Waals surface area contributed by atoms with Crippen molar-refractivity contribution in [1.82, 2.24) is 0 Å². The van der Waals surface area contributed by atoms with Gasteiger partial charge in [0.2, 0.25) is 0 Å². The van der Waals surface area contributed by atoms with E-state index in [1.54, 1.807) is 6.07 Å². The monoisotopic (exact) mass is 235 g/mol. The van der Waals surface area contributed by atoms with Gasteiger partial charge in [-0.25, -0.2) is 4.39 Å². The first-order chi connectivity index (χ1) is 7.92. The normalized spacial score (nSPS) is 18.5. The van der Waals surface area contributed by atoms with E-state index in [2.05, 4.69) is 18.7 Å². The first kappa shape index (κ1) is 12.1. The minimum atomic E-state index is -0.351. The molecule has 0 unspecified atom stereocenters. The topological polar surface area (TPSA) is 20.3 Å². The Morgan fingerprint density at radius 1 is 1.41 bits per heavy atom. The minimum absolute atomic E-state index is 0.0437. The standard InChI is InChI=1S/C14H18FNO/c1-10(17)12-9-11(15)5-6-13(12)16-8-4-7-14(16,2)3/h5-6,9H,4,7-8H2,1-3H3. The van der Waals surface area contributed by atoms with Crippen molar-refractivity contribution in [2.45, 2.75) is 39.2 Å².